The maximum absolute atomic E-state index is 13.0. The molecule has 12 heteroatoms. The smallest absolute Gasteiger partial charge is 0.368 e. The van der Waals surface area contributed by atoms with E-state index in [9.17, 15) is 26.4 Å². The number of fused-ring (bicyclic) bond motifs is 1. The number of imidazole rings is 1. The fraction of sp³-hybridized carbons (Fsp3) is 0.391. The van der Waals surface area contributed by atoms with E-state index in [0.29, 0.717) is 29.9 Å². The molecule has 1 aliphatic carbocycles. The molecule has 1 aromatic carbocycles. The molecule has 1 fully saturated rings. The first kappa shape index (κ1) is 24.8. The standard InChI is InChI=1S/C23H26F3N5O3S/c1-30(35(2,33)34)18-12-6-15(7-13-18)22(32)28-17-10-8-16(9-11-17)27-20-4-3-5-21-29-19(14-31(20)21)23(24,25)26/h3-7,12-14,16-17,27H,8-11H2,1-2H3,(H,28,32)/t16-,17+. The number of alkyl halides is 3. The van der Waals surface area contributed by atoms with Crippen LogP contribution in [0.2, 0.25) is 0 Å². The Hall–Kier alpha value is -3.28. The van der Waals surface area contributed by atoms with Crippen molar-refractivity contribution in [3.8, 4) is 0 Å². The summed E-state index contributed by atoms with van der Waals surface area (Å²) in [6, 6.07) is 11.3. The van der Waals surface area contributed by atoms with Crippen LogP contribution < -0.4 is 14.9 Å². The number of halogens is 3. The molecule has 0 spiro atoms. The second kappa shape index (κ2) is 9.40. The quantitative estimate of drug-likeness (QED) is 0.526. The van der Waals surface area contributed by atoms with Gasteiger partial charge in [-0.3, -0.25) is 13.5 Å². The molecular formula is C23H26F3N5O3S. The molecule has 2 N–H and O–H groups in total. The van der Waals surface area contributed by atoms with Crippen LogP contribution in [-0.2, 0) is 16.2 Å². The monoisotopic (exact) mass is 509 g/mol. The number of benzene rings is 1. The highest BCUT2D eigenvalue weighted by atomic mass is 32.2. The number of nitrogens with one attached hydrogen (secondary N) is 2. The number of hydrogen-bond acceptors (Lipinski definition) is 5. The van der Waals surface area contributed by atoms with E-state index < -0.39 is 21.9 Å². The number of nitrogens with zero attached hydrogens (tertiary/aromatic N) is 3. The lowest BCUT2D eigenvalue weighted by Crippen LogP contribution is -2.40. The van der Waals surface area contributed by atoms with E-state index in [-0.39, 0.29) is 23.6 Å². The summed E-state index contributed by atoms with van der Waals surface area (Å²) in [6.07, 6.45) is 0.485. The molecule has 8 nitrogen and oxygen atoms in total. The normalized spacial score (nSPS) is 18.9. The maximum atomic E-state index is 13.0. The number of pyridine rings is 1. The molecule has 2 aromatic heterocycles. The van der Waals surface area contributed by atoms with Gasteiger partial charge in [-0.1, -0.05) is 6.07 Å². The van der Waals surface area contributed by atoms with Crippen molar-refractivity contribution in [2.24, 2.45) is 0 Å². The van der Waals surface area contributed by atoms with Gasteiger partial charge in [-0.2, -0.15) is 13.2 Å². The summed E-state index contributed by atoms with van der Waals surface area (Å²) in [5.74, 6) is 0.301. The zero-order valence-corrected chi connectivity index (χ0v) is 20.0. The van der Waals surface area contributed by atoms with Crippen molar-refractivity contribution in [3.63, 3.8) is 0 Å². The van der Waals surface area contributed by atoms with E-state index in [0.717, 1.165) is 29.6 Å². The third kappa shape index (κ3) is 5.69. The maximum Gasteiger partial charge on any atom is 0.434 e. The van der Waals surface area contributed by atoms with Gasteiger partial charge in [0.15, 0.2) is 5.69 Å². The highest BCUT2D eigenvalue weighted by molar-refractivity contribution is 7.92. The van der Waals surface area contributed by atoms with Crippen molar-refractivity contribution in [1.29, 1.82) is 0 Å². The van der Waals surface area contributed by atoms with Crippen molar-refractivity contribution in [2.75, 3.05) is 22.9 Å². The first-order valence-corrected chi connectivity index (χ1v) is 12.9. The fourth-order valence-electron chi connectivity index (χ4n) is 4.14. The number of carbonyl (C=O) groups excluding carboxylic acids is 1. The molecule has 3 aromatic rings. The molecule has 188 valence electrons. The topological polar surface area (TPSA) is 95.8 Å². The Morgan fingerprint density at radius 2 is 1.69 bits per heavy atom. The number of aromatic nitrogens is 2. The Morgan fingerprint density at radius 3 is 2.29 bits per heavy atom. The molecule has 2 heterocycles. The molecular weight excluding hydrogens is 483 g/mol. The zero-order chi connectivity index (χ0) is 25.4. The Morgan fingerprint density at radius 1 is 1.06 bits per heavy atom. The van der Waals surface area contributed by atoms with Gasteiger partial charge in [0.25, 0.3) is 5.91 Å². The molecule has 0 unspecified atom stereocenters. The van der Waals surface area contributed by atoms with E-state index in [1.165, 1.54) is 17.5 Å². The van der Waals surface area contributed by atoms with E-state index >= 15 is 0 Å². The van der Waals surface area contributed by atoms with E-state index in [4.69, 9.17) is 0 Å². The number of carbonyl (C=O) groups is 1. The van der Waals surface area contributed by atoms with E-state index in [1.807, 2.05) is 0 Å². The Balaban J connectivity index is 1.33. The average molecular weight is 510 g/mol. The van der Waals surface area contributed by atoms with Crippen LogP contribution in [0, 0.1) is 0 Å². The molecule has 0 radical (unpaired) electrons. The van der Waals surface area contributed by atoms with E-state index in [1.54, 1.807) is 36.4 Å². The SMILES string of the molecule is CN(c1ccc(C(=O)N[C@H]2CC[C@@H](Nc3cccc4nc(C(F)(F)F)cn34)CC2)cc1)S(C)(=O)=O. The average Bonchev–Trinajstić information content (AvgIpc) is 3.25. The first-order chi connectivity index (χ1) is 16.4. The Kier molecular flexibility index (Phi) is 6.67. The molecule has 1 amide bonds. The predicted molar refractivity (Wildman–Crippen MR) is 127 cm³/mol. The Labute approximate surface area is 201 Å². The second-order valence-electron chi connectivity index (χ2n) is 8.71. The molecule has 4 rings (SSSR count). The van der Waals surface area contributed by atoms with Crippen molar-refractivity contribution in [3.05, 3.63) is 59.9 Å². The lowest BCUT2D eigenvalue weighted by Gasteiger charge is -2.30. The largest absolute Gasteiger partial charge is 0.434 e. The number of rotatable bonds is 6. The fourth-order valence-corrected chi connectivity index (χ4v) is 4.64. The molecule has 0 bridgehead atoms. The molecule has 0 aliphatic heterocycles. The molecule has 1 aliphatic rings. The number of anilines is 2. The van der Waals surface area contributed by atoms with Crippen LogP contribution in [-0.4, -0.2) is 49.1 Å². The van der Waals surface area contributed by atoms with Crippen LogP contribution in [0.1, 0.15) is 41.7 Å². The van der Waals surface area contributed by atoms with Gasteiger partial charge >= 0.3 is 6.18 Å². The lowest BCUT2D eigenvalue weighted by atomic mass is 9.91. The second-order valence-corrected chi connectivity index (χ2v) is 10.7. The first-order valence-electron chi connectivity index (χ1n) is 11.1. The zero-order valence-electron chi connectivity index (χ0n) is 19.2. The summed E-state index contributed by atoms with van der Waals surface area (Å²) in [7, 11) is -1.94. The van der Waals surface area contributed by atoms with Crippen LogP contribution in [0.25, 0.3) is 5.65 Å². The predicted octanol–water partition coefficient (Wildman–Crippen LogP) is 3.90. The van der Waals surface area contributed by atoms with Gasteiger partial charge in [0, 0.05) is 30.9 Å². The van der Waals surface area contributed by atoms with Gasteiger partial charge in [-0.15, -0.1) is 0 Å². The number of sulfonamides is 1. The van der Waals surface area contributed by atoms with Crippen LogP contribution in [0.3, 0.4) is 0 Å². The number of hydrogen-bond donors (Lipinski definition) is 2. The van der Waals surface area contributed by atoms with Crippen molar-refractivity contribution in [1.82, 2.24) is 14.7 Å². The lowest BCUT2D eigenvalue weighted by molar-refractivity contribution is -0.140. The summed E-state index contributed by atoms with van der Waals surface area (Å²) in [5, 5.41) is 6.32. The molecule has 35 heavy (non-hydrogen) atoms. The van der Waals surface area contributed by atoms with Gasteiger partial charge in [0.1, 0.15) is 11.5 Å². The highest BCUT2D eigenvalue weighted by Crippen LogP contribution is 2.30. The molecule has 0 saturated heterocycles. The van der Waals surface area contributed by atoms with Gasteiger partial charge in [-0.05, 0) is 62.1 Å². The van der Waals surface area contributed by atoms with Crippen molar-refractivity contribution in [2.45, 2.75) is 43.9 Å². The molecule has 1 saturated carbocycles. The van der Waals surface area contributed by atoms with Crippen LogP contribution in [0.15, 0.2) is 48.7 Å². The van der Waals surface area contributed by atoms with E-state index in [2.05, 4.69) is 15.6 Å². The summed E-state index contributed by atoms with van der Waals surface area (Å²) >= 11 is 0. The van der Waals surface area contributed by atoms with Crippen LogP contribution in [0.4, 0.5) is 24.7 Å². The van der Waals surface area contributed by atoms with Gasteiger partial charge < -0.3 is 10.6 Å². The van der Waals surface area contributed by atoms with Crippen LogP contribution in [0.5, 0.6) is 0 Å². The summed E-state index contributed by atoms with van der Waals surface area (Å²) in [5.41, 5.74) is 0.181. The van der Waals surface area contributed by atoms with Crippen molar-refractivity contribution >= 4 is 33.1 Å². The minimum Gasteiger partial charge on any atom is -0.368 e. The minimum absolute atomic E-state index is 0.0280. The van der Waals surface area contributed by atoms with Crippen LogP contribution >= 0.6 is 0 Å². The highest BCUT2D eigenvalue weighted by Gasteiger charge is 2.34. The van der Waals surface area contributed by atoms with Crippen molar-refractivity contribution < 1.29 is 26.4 Å². The third-order valence-corrected chi connectivity index (χ3v) is 7.39. The summed E-state index contributed by atoms with van der Waals surface area (Å²) < 4.78 is 64.9. The number of amides is 1. The van der Waals surface area contributed by atoms with Gasteiger partial charge in [0.05, 0.1) is 11.9 Å². The van der Waals surface area contributed by atoms with Gasteiger partial charge in [-0.25, -0.2) is 13.4 Å². The Bertz CT molecular complexity index is 1310. The third-order valence-electron chi connectivity index (χ3n) is 6.19. The minimum atomic E-state index is -4.51. The summed E-state index contributed by atoms with van der Waals surface area (Å²) in [6.45, 7) is 0. The molecule has 0 atom stereocenters. The van der Waals surface area contributed by atoms with Gasteiger partial charge in [0.2, 0.25) is 10.0 Å². The summed E-state index contributed by atoms with van der Waals surface area (Å²) in [4.78, 5) is 16.3.